The van der Waals surface area contributed by atoms with Crippen LogP contribution < -0.4 is 5.73 Å². The molecule has 1 heterocycles. The minimum absolute atomic E-state index is 0.459. The smallest absolute Gasteiger partial charge is 0.260 e. The summed E-state index contributed by atoms with van der Waals surface area (Å²) in [4.78, 5) is 4.41. The molecule has 1 aromatic carbocycles. The minimum Gasteiger partial charge on any atom is -0.398 e. The molecule has 20 heavy (non-hydrogen) atoms. The predicted octanol–water partition coefficient (Wildman–Crippen LogP) is 4.15. The van der Waals surface area contributed by atoms with Gasteiger partial charge in [-0.15, -0.1) is 0 Å². The molecule has 1 fully saturated rings. The van der Waals surface area contributed by atoms with Crippen LogP contribution in [0.2, 0.25) is 5.02 Å². The van der Waals surface area contributed by atoms with E-state index < -0.39 is 0 Å². The lowest BCUT2D eigenvalue weighted by Gasteiger charge is -2.04. The Morgan fingerprint density at radius 2 is 2.15 bits per heavy atom. The highest BCUT2D eigenvalue weighted by atomic mass is 35.5. The zero-order valence-corrected chi connectivity index (χ0v) is 12.6. The van der Waals surface area contributed by atoms with Gasteiger partial charge in [0.05, 0.1) is 11.3 Å². The second-order valence-electron chi connectivity index (χ2n) is 4.96. The third kappa shape index (κ3) is 3.10. The maximum Gasteiger partial charge on any atom is 0.260 e. The summed E-state index contributed by atoms with van der Waals surface area (Å²) in [7, 11) is 0. The lowest BCUT2D eigenvalue weighted by Crippen LogP contribution is -1.96. The highest BCUT2D eigenvalue weighted by molar-refractivity contribution is 7.99. The van der Waals surface area contributed by atoms with Crippen LogP contribution in [0.15, 0.2) is 22.7 Å². The SMILES string of the molecule is Nc1cc(Cl)ccc1-c1nc(CSC2CCCC2)no1. The molecule has 0 bridgehead atoms. The highest BCUT2D eigenvalue weighted by Crippen LogP contribution is 2.32. The van der Waals surface area contributed by atoms with Crippen LogP contribution in [0, 0.1) is 0 Å². The predicted molar refractivity (Wildman–Crippen MR) is 82.7 cm³/mol. The Balaban J connectivity index is 1.69. The molecule has 4 nitrogen and oxygen atoms in total. The number of aromatic nitrogens is 2. The average Bonchev–Trinajstić information content (AvgIpc) is 3.07. The van der Waals surface area contributed by atoms with Gasteiger partial charge in [0.15, 0.2) is 5.82 Å². The molecule has 1 saturated carbocycles. The number of hydrogen-bond acceptors (Lipinski definition) is 5. The number of nitrogen functional groups attached to an aromatic ring is 1. The van der Waals surface area contributed by atoms with E-state index in [1.807, 2.05) is 11.8 Å². The summed E-state index contributed by atoms with van der Waals surface area (Å²) >= 11 is 7.80. The fourth-order valence-electron chi connectivity index (χ4n) is 2.40. The molecule has 0 aliphatic heterocycles. The maximum absolute atomic E-state index is 5.92. The van der Waals surface area contributed by atoms with E-state index in [1.54, 1.807) is 18.2 Å². The highest BCUT2D eigenvalue weighted by Gasteiger charge is 2.17. The van der Waals surface area contributed by atoms with Gasteiger partial charge in [-0.3, -0.25) is 0 Å². The van der Waals surface area contributed by atoms with Crippen molar-refractivity contribution in [3.8, 4) is 11.5 Å². The van der Waals surface area contributed by atoms with Gasteiger partial charge >= 0.3 is 0 Å². The van der Waals surface area contributed by atoms with Crippen LogP contribution >= 0.6 is 23.4 Å². The Morgan fingerprint density at radius 3 is 2.90 bits per heavy atom. The number of rotatable bonds is 4. The van der Waals surface area contributed by atoms with Crippen molar-refractivity contribution in [3.05, 3.63) is 29.0 Å². The number of nitrogens with zero attached hydrogens (tertiary/aromatic N) is 2. The lowest BCUT2D eigenvalue weighted by atomic mass is 10.2. The molecule has 0 unspecified atom stereocenters. The van der Waals surface area contributed by atoms with Crippen LogP contribution in [-0.4, -0.2) is 15.4 Å². The van der Waals surface area contributed by atoms with Gasteiger partial charge in [0.1, 0.15) is 0 Å². The van der Waals surface area contributed by atoms with Crippen LogP contribution in [-0.2, 0) is 5.75 Å². The van der Waals surface area contributed by atoms with E-state index in [0.717, 1.165) is 22.4 Å². The van der Waals surface area contributed by atoms with Crippen molar-refractivity contribution in [1.29, 1.82) is 0 Å². The summed E-state index contributed by atoms with van der Waals surface area (Å²) in [5, 5.41) is 5.37. The van der Waals surface area contributed by atoms with E-state index in [0.29, 0.717) is 16.6 Å². The summed E-state index contributed by atoms with van der Waals surface area (Å²) in [6, 6.07) is 5.26. The van der Waals surface area contributed by atoms with E-state index >= 15 is 0 Å². The zero-order valence-electron chi connectivity index (χ0n) is 11.0. The van der Waals surface area contributed by atoms with E-state index in [9.17, 15) is 0 Å². The lowest BCUT2D eigenvalue weighted by molar-refractivity contribution is 0.425. The van der Waals surface area contributed by atoms with Crippen molar-refractivity contribution in [2.45, 2.75) is 36.7 Å². The van der Waals surface area contributed by atoms with Crippen molar-refractivity contribution in [3.63, 3.8) is 0 Å². The Labute approximate surface area is 127 Å². The number of hydrogen-bond donors (Lipinski definition) is 1. The molecule has 0 atom stereocenters. The first-order valence-corrected chi connectivity index (χ1v) is 8.14. The Morgan fingerprint density at radius 1 is 1.35 bits per heavy atom. The number of thioether (sulfide) groups is 1. The fraction of sp³-hybridized carbons (Fsp3) is 0.429. The third-order valence-corrected chi connectivity index (χ3v) is 5.07. The standard InChI is InChI=1S/C14H16ClN3OS/c15-9-5-6-11(12(16)7-9)14-17-13(18-19-14)8-20-10-3-1-2-4-10/h5-7,10H,1-4,8,16H2. The molecule has 1 aromatic heterocycles. The van der Waals surface area contributed by atoms with Gasteiger partial charge in [-0.2, -0.15) is 16.7 Å². The first kappa shape index (κ1) is 13.8. The largest absolute Gasteiger partial charge is 0.398 e. The Bertz CT molecular complexity index is 596. The van der Waals surface area contributed by atoms with Crippen molar-refractivity contribution in [2.75, 3.05) is 5.73 Å². The average molecular weight is 310 g/mol. The van der Waals surface area contributed by atoms with E-state index in [-0.39, 0.29) is 0 Å². The van der Waals surface area contributed by atoms with Gasteiger partial charge in [-0.25, -0.2) is 0 Å². The second-order valence-corrected chi connectivity index (χ2v) is 6.69. The van der Waals surface area contributed by atoms with E-state index in [2.05, 4.69) is 10.1 Å². The molecule has 0 amide bonds. The van der Waals surface area contributed by atoms with Crippen molar-refractivity contribution >= 4 is 29.1 Å². The first-order valence-electron chi connectivity index (χ1n) is 6.72. The summed E-state index contributed by atoms with van der Waals surface area (Å²) in [5.41, 5.74) is 7.21. The number of benzene rings is 1. The van der Waals surface area contributed by atoms with E-state index in [4.69, 9.17) is 21.9 Å². The summed E-state index contributed by atoms with van der Waals surface area (Å²) in [5.74, 6) is 1.98. The summed E-state index contributed by atoms with van der Waals surface area (Å²) < 4.78 is 5.29. The van der Waals surface area contributed by atoms with Crippen LogP contribution in [0.5, 0.6) is 0 Å². The number of nitrogens with two attached hydrogens (primary N) is 1. The van der Waals surface area contributed by atoms with Crippen molar-refractivity contribution < 1.29 is 4.52 Å². The molecule has 2 N–H and O–H groups in total. The van der Waals surface area contributed by atoms with Crippen LogP contribution in [0.3, 0.4) is 0 Å². The second kappa shape index (κ2) is 6.06. The van der Waals surface area contributed by atoms with Gasteiger partial charge in [-0.1, -0.05) is 29.6 Å². The minimum atomic E-state index is 0.459. The topological polar surface area (TPSA) is 64.9 Å². The number of anilines is 1. The van der Waals surface area contributed by atoms with Gasteiger partial charge in [0.25, 0.3) is 5.89 Å². The van der Waals surface area contributed by atoms with Gasteiger partial charge in [0, 0.05) is 16.0 Å². The third-order valence-electron chi connectivity index (χ3n) is 3.46. The molecule has 0 spiro atoms. The number of halogens is 1. The van der Waals surface area contributed by atoms with Crippen LogP contribution in [0.4, 0.5) is 5.69 Å². The molecule has 3 rings (SSSR count). The Hall–Kier alpha value is -1.20. The van der Waals surface area contributed by atoms with Crippen molar-refractivity contribution in [1.82, 2.24) is 10.1 Å². The molecule has 6 heteroatoms. The first-order chi connectivity index (χ1) is 9.72. The van der Waals surface area contributed by atoms with E-state index in [1.165, 1.54) is 25.7 Å². The quantitative estimate of drug-likeness (QED) is 0.859. The molecule has 106 valence electrons. The fourth-order valence-corrected chi connectivity index (χ4v) is 3.75. The van der Waals surface area contributed by atoms with Gasteiger partial charge in [-0.05, 0) is 31.0 Å². The Kier molecular flexibility index (Phi) is 4.17. The molecule has 2 aromatic rings. The molecule has 0 radical (unpaired) electrons. The normalized spacial score (nSPS) is 15.8. The van der Waals surface area contributed by atoms with Gasteiger partial charge < -0.3 is 10.3 Å². The molecule has 1 aliphatic rings. The summed E-state index contributed by atoms with van der Waals surface area (Å²) in [6.07, 6.45) is 5.30. The van der Waals surface area contributed by atoms with Crippen LogP contribution in [0.1, 0.15) is 31.5 Å². The molecule has 0 saturated heterocycles. The summed E-state index contributed by atoms with van der Waals surface area (Å²) in [6.45, 7) is 0. The molecule has 1 aliphatic carbocycles. The zero-order chi connectivity index (χ0) is 13.9. The van der Waals surface area contributed by atoms with Gasteiger partial charge in [0.2, 0.25) is 0 Å². The molecular weight excluding hydrogens is 294 g/mol. The maximum atomic E-state index is 5.92. The monoisotopic (exact) mass is 309 g/mol. The molecular formula is C14H16ClN3OS. The van der Waals surface area contributed by atoms with Crippen molar-refractivity contribution in [2.24, 2.45) is 0 Å². The van der Waals surface area contributed by atoms with Crippen LogP contribution in [0.25, 0.3) is 11.5 Å².